The highest BCUT2D eigenvalue weighted by molar-refractivity contribution is 7.99. The number of carbonyl (C=O) groups excluding carboxylic acids is 2. The van der Waals surface area contributed by atoms with E-state index in [9.17, 15) is 9.59 Å². The van der Waals surface area contributed by atoms with E-state index in [1.807, 2.05) is 34.9 Å². The fraction of sp³-hybridized carbons (Fsp3) is 0.462. The second-order valence-corrected chi connectivity index (χ2v) is 10.7. The van der Waals surface area contributed by atoms with Crippen LogP contribution in [0.3, 0.4) is 0 Å². The molecule has 3 N–H and O–H groups in total. The van der Waals surface area contributed by atoms with Gasteiger partial charge < -0.3 is 16.0 Å². The number of rotatable bonds is 6. The molecule has 4 rings (SSSR count). The van der Waals surface area contributed by atoms with Crippen LogP contribution in [-0.4, -0.2) is 47.1 Å². The van der Waals surface area contributed by atoms with Gasteiger partial charge in [-0.15, -0.1) is 24.2 Å². The summed E-state index contributed by atoms with van der Waals surface area (Å²) < 4.78 is 0. The Kier molecular flexibility index (Phi) is 8.14. The molecule has 1 atom stereocenters. The molecule has 0 unspecified atom stereocenters. The summed E-state index contributed by atoms with van der Waals surface area (Å²) in [5.41, 5.74) is 7.74. The topological polar surface area (TPSA) is 75.4 Å². The lowest BCUT2D eigenvalue weighted by molar-refractivity contribution is -0.138. The van der Waals surface area contributed by atoms with Crippen LogP contribution in [0.4, 0.5) is 0 Å². The first-order valence-corrected chi connectivity index (χ1v) is 12.4. The largest absolute Gasteiger partial charge is 0.343 e. The van der Waals surface area contributed by atoms with Crippen molar-refractivity contribution in [2.75, 3.05) is 18.8 Å². The zero-order valence-corrected chi connectivity index (χ0v) is 21.0. The van der Waals surface area contributed by atoms with Gasteiger partial charge in [-0.3, -0.25) is 9.59 Å². The van der Waals surface area contributed by atoms with Gasteiger partial charge in [-0.05, 0) is 56.7 Å². The molecule has 0 bridgehead atoms. The SMILES string of the molecule is CC(C)(N)C(=O)N[C@H](CCc1ccccc1)C(=O)N1CCC2(CC1)CSc1ccccc12.Cl. The summed E-state index contributed by atoms with van der Waals surface area (Å²) in [5, 5.41) is 2.94. The van der Waals surface area contributed by atoms with Crippen molar-refractivity contribution in [3.8, 4) is 0 Å². The molecule has 2 aromatic rings. The first-order chi connectivity index (χ1) is 15.3. The minimum Gasteiger partial charge on any atom is -0.343 e. The quantitative estimate of drug-likeness (QED) is 0.647. The molecule has 1 fully saturated rings. The number of hydrogen-bond acceptors (Lipinski definition) is 4. The average molecular weight is 488 g/mol. The van der Waals surface area contributed by atoms with Crippen molar-refractivity contribution in [2.24, 2.45) is 5.73 Å². The summed E-state index contributed by atoms with van der Waals surface area (Å²) in [5.74, 6) is 0.801. The van der Waals surface area contributed by atoms with E-state index in [1.165, 1.54) is 10.5 Å². The number of halogens is 1. The van der Waals surface area contributed by atoms with Crippen molar-refractivity contribution >= 4 is 36.0 Å². The smallest absolute Gasteiger partial charge is 0.245 e. The molecule has 7 heteroatoms. The summed E-state index contributed by atoms with van der Waals surface area (Å²) in [4.78, 5) is 29.4. The molecule has 178 valence electrons. The van der Waals surface area contributed by atoms with Crippen molar-refractivity contribution in [2.45, 2.75) is 61.4 Å². The Morgan fingerprint density at radius 3 is 2.39 bits per heavy atom. The molecule has 2 heterocycles. The maximum Gasteiger partial charge on any atom is 0.245 e. The molecule has 1 saturated heterocycles. The number of hydrogen-bond donors (Lipinski definition) is 2. The van der Waals surface area contributed by atoms with Crippen molar-refractivity contribution in [3.63, 3.8) is 0 Å². The van der Waals surface area contributed by atoms with Gasteiger partial charge in [0.1, 0.15) is 6.04 Å². The number of likely N-dealkylation sites (tertiary alicyclic amines) is 1. The lowest BCUT2D eigenvalue weighted by Crippen LogP contribution is -2.57. The lowest BCUT2D eigenvalue weighted by atomic mass is 9.74. The van der Waals surface area contributed by atoms with E-state index in [0.717, 1.165) is 43.7 Å². The summed E-state index contributed by atoms with van der Waals surface area (Å²) in [6, 6.07) is 18.2. The van der Waals surface area contributed by atoms with E-state index in [2.05, 4.69) is 41.7 Å². The minimum atomic E-state index is -1.03. The Bertz CT molecular complexity index is 969. The Hall–Kier alpha value is -2.02. The van der Waals surface area contributed by atoms with Crippen LogP contribution in [0.1, 0.15) is 44.2 Å². The number of fused-ring (bicyclic) bond motifs is 2. The van der Waals surface area contributed by atoms with E-state index < -0.39 is 11.6 Å². The maximum atomic E-state index is 13.5. The number of thioether (sulfide) groups is 1. The van der Waals surface area contributed by atoms with Crippen LogP contribution in [0.5, 0.6) is 0 Å². The molecule has 2 aliphatic rings. The minimum absolute atomic E-state index is 0. The molecule has 2 aliphatic heterocycles. The van der Waals surface area contributed by atoms with Gasteiger partial charge in [-0.25, -0.2) is 0 Å². The zero-order valence-electron chi connectivity index (χ0n) is 19.4. The molecule has 0 aromatic heterocycles. The van der Waals surface area contributed by atoms with Crippen LogP contribution in [0.2, 0.25) is 0 Å². The molecule has 1 spiro atoms. The van der Waals surface area contributed by atoms with Crippen LogP contribution in [0.15, 0.2) is 59.5 Å². The third-order valence-corrected chi connectivity index (χ3v) is 8.11. The molecular formula is C26H34ClN3O2S. The van der Waals surface area contributed by atoms with E-state index in [-0.39, 0.29) is 29.6 Å². The number of carbonyl (C=O) groups is 2. The summed E-state index contributed by atoms with van der Waals surface area (Å²) in [7, 11) is 0. The first-order valence-electron chi connectivity index (χ1n) is 11.4. The average Bonchev–Trinajstić information content (AvgIpc) is 3.15. The Morgan fingerprint density at radius 2 is 1.73 bits per heavy atom. The van der Waals surface area contributed by atoms with Gasteiger partial charge in [0, 0.05) is 29.2 Å². The van der Waals surface area contributed by atoms with E-state index in [4.69, 9.17) is 5.73 Å². The third kappa shape index (κ3) is 5.73. The van der Waals surface area contributed by atoms with Gasteiger partial charge in [0.2, 0.25) is 11.8 Å². The number of nitrogens with zero attached hydrogens (tertiary/aromatic N) is 1. The molecule has 0 saturated carbocycles. The molecule has 2 amide bonds. The predicted molar refractivity (Wildman–Crippen MR) is 137 cm³/mol. The van der Waals surface area contributed by atoms with E-state index >= 15 is 0 Å². The molecule has 0 radical (unpaired) electrons. The highest BCUT2D eigenvalue weighted by Crippen LogP contribution is 2.49. The predicted octanol–water partition coefficient (Wildman–Crippen LogP) is 3.93. The first kappa shape index (κ1) is 25.6. The van der Waals surface area contributed by atoms with Crippen molar-refractivity contribution < 1.29 is 9.59 Å². The van der Waals surface area contributed by atoms with Crippen LogP contribution in [0.25, 0.3) is 0 Å². The Labute approximate surface area is 207 Å². The number of amides is 2. The molecular weight excluding hydrogens is 454 g/mol. The van der Waals surface area contributed by atoms with Gasteiger partial charge in [-0.1, -0.05) is 48.5 Å². The van der Waals surface area contributed by atoms with Crippen LogP contribution < -0.4 is 11.1 Å². The van der Waals surface area contributed by atoms with Gasteiger partial charge in [-0.2, -0.15) is 0 Å². The number of piperidine rings is 1. The number of benzene rings is 2. The van der Waals surface area contributed by atoms with Crippen molar-refractivity contribution in [1.82, 2.24) is 10.2 Å². The summed E-state index contributed by atoms with van der Waals surface area (Å²) >= 11 is 1.93. The monoisotopic (exact) mass is 487 g/mol. The molecule has 5 nitrogen and oxygen atoms in total. The molecule has 0 aliphatic carbocycles. The fourth-order valence-corrected chi connectivity index (χ4v) is 6.16. The van der Waals surface area contributed by atoms with Crippen LogP contribution >= 0.6 is 24.2 Å². The summed E-state index contributed by atoms with van der Waals surface area (Å²) in [6.45, 7) is 4.77. The third-order valence-electron chi connectivity index (χ3n) is 6.75. The van der Waals surface area contributed by atoms with E-state index in [0.29, 0.717) is 6.42 Å². The van der Waals surface area contributed by atoms with Gasteiger partial charge in [0.25, 0.3) is 0 Å². The summed E-state index contributed by atoms with van der Waals surface area (Å²) in [6.07, 6.45) is 3.21. The normalized spacial score (nSPS) is 17.7. The maximum absolute atomic E-state index is 13.5. The highest BCUT2D eigenvalue weighted by Gasteiger charge is 2.43. The van der Waals surface area contributed by atoms with Gasteiger partial charge in [0.05, 0.1) is 5.54 Å². The Balaban J connectivity index is 0.00000306. The lowest BCUT2D eigenvalue weighted by Gasteiger charge is -2.41. The molecule has 33 heavy (non-hydrogen) atoms. The molecule has 2 aromatic carbocycles. The van der Waals surface area contributed by atoms with Gasteiger partial charge >= 0.3 is 0 Å². The highest BCUT2D eigenvalue weighted by atomic mass is 35.5. The van der Waals surface area contributed by atoms with Crippen LogP contribution in [0, 0.1) is 0 Å². The standard InChI is InChI=1S/C26H33N3O2S.ClH/c1-25(2,27)24(31)28-21(13-12-19-8-4-3-5-9-19)23(30)29-16-14-26(15-17-29)18-32-22-11-7-6-10-20(22)26;/h3-11,21H,12-18,27H2,1-2H3,(H,28,31);1H/t21-;/m1./s1. The second kappa shape index (κ2) is 10.5. The van der Waals surface area contributed by atoms with E-state index in [1.54, 1.807) is 13.8 Å². The number of aryl methyl sites for hydroxylation is 1. The fourth-order valence-electron chi connectivity index (χ4n) is 4.67. The number of nitrogens with one attached hydrogen (secondary N) is 1. The van der Waals surface area contributed by atoms with Crippen LogP contribution in [-0.2, 0) is 21.4 Å². The van der Waals surface area contributed by atoms with Gasteiger partial charge in [0.15, 0.2) is 0 Å². The zero-order chi connectivity index (χ0) is 22.8. The second-order valence-electron chi connectivity index (χ2n) is 9.66. The number of nitrogens with two attached hydrogens (primary N) is 1. The van der Waals surface area contributed by atoms with Crippen molar-refractivity contribution in [3.05, 3.63) is 65.7 Å². The Morgan fingerprint density at radius 1 is 1.09 bits per heavy atom. The van der Waals surface area contributed by atoms with Crippen molar-refractivity contribution in [1.29, 1.82) is 0 Å².